The molecular weight excluding hydrogens is 306 g/mol. The number of hydrogen-bond acceptors (Lipinski definition) is 3. The van der Waals surface area contributed by atoms with Crippen LogP contribution in [0.1, 0.15) is 19.4 Å². The second-order valence-corrected chi connectivity index (χ2v) is 5.06. The van der Waals surface area contributed by atoms with Gasteiger partial charge in [-0.3, -0.25) is 14.5 Å². The number of carboxylic acid groups (broad SMARTS) is 1. The summed E-state index contributed by atoms with van der Waals surface area (Å²) < 4.78 is 26.3. The summed E-state index contributed by atoms with van der Waals surface area (Å²) in [7, 11) is 0. The van der Waals surface area contributed by atoms with E-state index >= 15 is 0 Å². The van der Waals surface area contributed by atoms with Crippen LogP contribution in [-0.4, -0.2) is 47.6 Å². The molecule has 0 aliphatic heterocycles. The fourth-order valence-corrected chi connectivity index (χ4v) is 1.93. The maximum absolute atomic E-state index is 13.5. The number of nitrogens with one attached hydrogen (secondary N) is 1. The smallest absolute Gasteiger partial charge is 0.320 e. The van der Waals surface area contributed by atoms with E-state index in [1.54, 1.807) is 11.0 Å². The molecule has 1 atom stereocenters. The number of hydrogen-bond donors (Lipinski definition) is 2. The van der Waals surface area contributed by atoms with Crippen molar-refractivity contribution in [3.05, 3.63) is 41.5 Å². The van der Waals surface area contributed by atoms with E-state index in [0.717, 1.165) is 12.1 Å². The Labute approximate surface area is 133 Å². The van der Waals surface area contributed by atoms with Gasteiger partial charge in [-0.1, -0.05) is 12.2 Å². The van der Waals surface area contributed by atoms with Gasteiger partial charge in [0.2, 0.25) is 5.91 Å². The van der Waals surface area contributed by atoms with Crippen LogP contribution in [0.2, 0.25) is 0 Å². The molecule has 1 rings (SSSR count). The Hall–Kier alpha value is -2.28. The number of carboxylic acids is 1. The molecule has 5 nitrogen and oxygen atoms in total. The summed E-state index contributed by atoms with van der Waals surface area (Å²) in [6.45, 7) is 3.81. The van der Waals surface area contributed by atoms with Crippen LogP contribution >= 0.6 is 0 Å². The molecule has 0 bridgehead atoms. The fraction of sp³-hybridized carbons (Fsp3) is 0.375. The molecule has 0 saturated heterocycles. The Kier molecular flexibility index (Phi) is 7.34. The summed E-state index contributed by atoms with van der Waals surface area (Å²) in [6.07, 6.45) is 3.07. The summed E-state index contributed by atoms with van der Waals surface area (Å²) in [6, 6.07) is 2.49. The first-order valence-corrected chi connectivity index (χ1v) is 7.14. The number of aliphatic carboxylic acids is 1. The van der Waals surface area contributed by atoms with Gasteiger partial charge in [0, 0.05) is 38.2 Å². The number of benzene rings is 1. The number of halogens is 2. The molecule has 0 radical (unpaired) electrons. The Morgan fingerprint density at radius 1 is 1.39 bits per heavy atom. The number of amides is 1. The van der Waals surface area contributed by atoms with Crippen molar-refractivity contribution in [2.45, 2.75) is 19.9 Å². The Balaban J connectivity index is 2.70. The first-order chi connectivity index (χ1) is 10.8. The molecular formula is C16H20F2N2O3. The van der Waals surface area contributed by atoms with Crippen LogP contribution in [0.4, 0.5) is 8.78 Å². The summed E-state index contributed by atoms with van der Waals surface area (Å²) in [5.41, 5.74) is 0.219. The molecule has 0 spiro atoms. The number of carbonyl (C=O) groups is 2. The molecule has 1 aromatic rings. The van der Waals surface area contributed by atoms with Gasteiger partial charge in [-0.25, -0.2) is 8.78 Å². The van der Waals surface area contributed by atoms with E-state index in [1.807, 2.05) is 0 Å². The molecule has 0 aromatic heterocycles. The zero-order valence-corrected chi connectivity index (χ0v) is 13.1. The normalized spacial score (nSPS) is 12.6. The highest BCUT2D eigenvalue weighted by molar-refractivity contribution is 5.73. The molecule has 1 amide bonds. The average molecular weight is 326 g/mol. The summed E-state index contributed by atoms with van der Waals surface area (Å²) >= 11 is 0. The highest BCUT2D eigenvalue weighted by Crippen LogP contribution is 2.11. The minimum absolute atomic E-state index is 0.197. The SMILES string of the molecule is CC(=O)NCCN(C/C=C/c1ccc(F)cc1F)C(C)C(=O)O. The third-order valence-electron chi connectivity index (χ3n) is 3.28. The van der Waals surface area contributed by atoms with Crippen molar-refractivity contribution in [1.82, 2.24) is 10.2 Å². The minimum Gasteiger partial charge on any atom is -0.480 e. The second kappa shape index (κ2) is 8.99. The molecule has 0 aliphatic rings. The fourth-order valence-electron chi connectivity index (χ4n) is 1.93. The number of carbonyl (C=O) groups excluding carboxylic acids is 1. The quantitative estimate of drug-likeness (QED) is 0.765. The van der Waals surface area contributed by atoms with Crippen LogP contribution in [0.15, 0.2) is 24.3 Å². The molecule has 0 saturated carbocycles. The van der Waals surface area contributed by atoms with Crippen LogP contribution in [0.5, 0.6) is 0 Å². The predicted octanol–water partition coefficient (Wildman–Crippen LogP) is 1.89. The average Bonchev–Trinajstić information content (AvgIpc) is 2.46. The van der Waals surface area contributed by atoms with Crippen LogP contribution < -0.4 is 5.32 Å². The Morgan fingerprint density at radius 2 is 2.09 bits per heavy atom. The topological polar surface area (TPSA) is 69.6 Å². The monoisotopic (exact) mass is 326 g/mol. The second-order valence-electron chi connectivity index (χ2n) is 5.06. The van der Waals surface area contributed by atoms with Gasteiger partial charge in [0.05, 0.1) is 0 Å². The van der Waals surface area contributed by atoms with Gasteiger partial charge >= 0.3 is 5.97 Å². The van der Waals surface area contributed by atoms with Gasteiger partial charge in [0.25, 0.3) is 0 Å². The predicted molar refractivity (Wildman–Crippen MR) is 82.7 cm³/mol. The van der Waals surface area contributed by atoms with Crippen LogP contribution in [0, 0.1) is 11.6 Å². The minimum atomic E-state index is -0.991. The maximum atomic E-state index is 13.5. The molecule has 23 heavy (non-hydrogen) atoms. The molecule has 1 aromatic carbocycles. The van der Waals surface area contributed by atoms with Crippen molar-refractivity contribution >= 4 is 18.0 Å². The van der Waals surface area contributed by atoms with Gasteiger partial charge < -0.3 is 10.4 Å². The first kappa shape index (κ1) is 18.8. The largest absolute Gasteiger partial charge is 0.480 e. The van der Waals surface area contributed by atoms with Gasteiger partial charge in [0.1, 0.15) is 17.7 Å². The van der Waals surface area contributed by atoms with E-state index in [1.165, 1.54) is 26.0 Å². The van der Waals surface area contributed by atoms with Gasteiger partial charge in [-0.15, -0.1) is 0 Å². The van der Waals surface area contributed by atoms with Crippen LogP contribution in [0.25, 0.3) is 6.08 Å². The lowest BCUT2D eigenvalue weighted by Crippen LogP contribution is -2.43. The zero-order valence-electron chi connectivity index (χ0n) is 13.1. The summed E-state index contributed by atoms with van der Waals surface area (Å²) in [5.74, 6) is -2.53. The van der Waals surface area contributed by atoms with E-state index in [-0.39, 0.29) is 18.0 Å². The van der Waals surface area contributed by atoms with E-state index in [2.05, 4.69) is 5.32 Å². The Bertz CT molecular complexity index is 591. The van der Waals surface area contributed by atoms with E-state index < -0.39 is 23.6 Å². The molecule has 0 heterocycles. The molecule has 0 aliphatic carbocycles. The van der Waals surface area contributed by atoms with E-state index in [4.69, 9.17) is 5.11 Å². The summed E-state index contributed by atoms with van der Waals surface area (Å²) in [4.78, 5) is 23.6. The van der Waals surface area contributed by atoms with Crippen molar-refractivity contribution in [3.8, 4) is 0 Å². The molecule has 7 heteroatoms. The highest BCUT2D eigenvalue weighted by Gasteiger charge is 2.19. The van der Waals surface area contributed by atoms with Crippen molar-refractivity contribution < 1.29 is 23.5 Å². The lowest BCUT2D eigenvalue weighted by atomic mass is 10.2. The molecule has 126 valence electrons. The van der Waals surface area contributed by atoms with E-state index in [9.17, 15) is 18.4 Å². The van der Waals surface area contributed by atoms with Crippen molar-refractivity contribution in [2.24, 2.45) is 0 Å². The number of rotatable bonds is 8. The van der Waals surface area contributed by atoms with Crippen molar-refractivity contribution in [1.29, 1.82) is 0 Å². The summed E-state index contributed by atoms with van der Waals surface area (Å²) in [5, 5.41) is 11.7. The third kappa shape index (κ3) is 6.56. The van der Waals surface area contributed by atoms with Crippen molar-refractivity contribution in [2.75, 3.05) is 19.6 Å². The highest BCUT2D eigenvalue weighted by atomic mass is 19.1. The first-order valence-electron chi connectivity index (χ1n) is 7.14. The third-order valence-corrected chi connectivity index (χ3v) is 3.28. The molecule has 2 N–H and O–H groups in total. The van der Waals surface area contributed by atoms with Crippen LogP contribution in [-0.2, 0) is 9.59 Å². The van der Waals surface area contributed by atoms with Crippen LogP contribution in [0.3, 0.4) is 0 Å². The van der Waals surface area contributed by atoms with Gasteiger partial charge in [-0.2, -0.15) is 0 Å². The molecule has 1 unspecified atom stereocenters. The zero-order chi connectivity index (χ0) is 17.4. The standard InChI is InChI=1S/C16H20F2N2O3/c1-11(16(22)23)20(9-7-19-12(2)21)8-3-4-13-5-6-14(17)10-15(13)18/h3-6,10-11H,7-9H2,1-2H3,(H,19,21)(H,22,23)/b4-3+. The lowest BCUT2D eigenvalue weighted by molar-refractivity contribution is -0.142. The number of nitrogens with zero attached hydrogens (tertiary/aromatic N) is 1. The molecule has 0 fully saturated rings. The van der Waals surface area contributed by atoms with Gasteiger partial charge in [0.15, 0.2) is 0 Å². The van der Waals surface area contributed by atoms with E-state index in [0.29, 0.717) is 13.1 Å². The van der Waals surface area contributed by atoms with Gasteiger partial charge in [-0.05, 0) is 19.1 Å². The lowest BCUT2D eigenvalue weighted by Gasteiger charge is -2.24. The Morgan fingerprint density at radius 3 is 2.65 bits per heavy atom. The van der Waals surface area contributed by atoms with Crippen molar-refractivity contribution in [3.63, 3.8) is 0 Å². The maximum Gasteiger partial charge on any atom is 0.320 e.